The van der Waals surface area contributed by atoms with Gasteiger partial charge in [0.05, 0.1) is 18.9 Å². The fourth-order valence-electron chi connectivity index (χ4n) is 1.33. The van der Waals surface area contributed by atoms with E-state index in [2.05, 4.69) is 16.6 Å². The molecule has 0 heterocycles. The molecule has 0 radical (unpaired) electrons. The summed E-state index contributed by atoms with van der Waals surface area (Å²) >= 11 is 0. The van der Waals surface area contributed by atoms with Crippen molar-refractivity contribution in [1.82, 2.24) is 0 Å². The quantitative estimate of drug-likeness (QED) is 0.487. The standard InChI is InChI=1S/C17H20O4/c1-17(2,3)16(19)21-14-10-7-9-13(12-14)8-5-6-11-15(18)20-4/h7,9-10,12H,6,11H2,1-4H3. The maximum atomic E-state index is 11.8. The molecule has 1 rings (SSSR count). The molecule has 4 heteroatoms. The van der Waals surface area contributed by atoms with E-state index in [9.17, 15) is 9.59 Å². The van der Waals surface area contributed by atoms with Gasteiger partial charge in [-0.15, -0.1) is 0 Å². The molecule has 0 N–H and O–H groups in total. The van der Waals surface area contributed by atoms with Crippen molar-refractivity contribution < 1.29 is 19.1 Å². The molecule has 0 fully saturated rings. The lowest BCUT2D eigenvalue weighted by atomic mass is 9.97. The van der Waals surface area contributed by atoms with Gasteiger partial charge in [-0.05, 0) is 39.0 Å². The van der Waals surface area contributed by atoms with E-state index in [0.29, 0.717) is 12.2 Å². The molecule has 1 aromatic rings. The van der Waals surface area contributed by atoms with Crippen molar-refractivity contribution in [3.8, 4) is 17.6 Å². The lowest BCUT2D eigenvalue weighted by molar-refractivity contribution is -0.143. The first-order valence-electron chi connectivity index (χ1n) is 6.71. The summed E-state index contributed by atoms with van der Waals surface area (Å²) in [6.45, 7) is 5.39. The first-order chi connectivity index (χ1) is 9.82. The molecule has 0 aromatic heterocycles. The normalized spacial score (nSPS) is 10.3. The Kier molecular flexibility index (Phi) is 5.98. The van der Waals surface area contributed by atoms with Gasteiger partial charge in [-0.2, -0.15) is 0 Å². The number of hydrogen-bond donors (Lipinski definition) is 0. The summed E-state index contributed by atoms with van der Waals surface area (Å²) in [7, 11) is 1.35. The van der Waals surface area contributed by atoms with Crippen molar-refractivity contribution in [2.75, 3.05) is 7.11 Å². The van der Waals surface area contributed by atoms with Gasteiger partial charge >= 0.3 is 11.9 Å². The molecule has 0 saturated carbocycles. The Balaban J connectivity index is 2.67. The Hall–Kier alpha value is -2.28. The molecule has 0 atom stereocenters. The summed E-state index contributed by atoms with van der Waals surface area (Å²) in [4.78, 5) is 22.7. The smallest absolute Gasteiger partial charge is 0.316 e. The van der Waals surface area contributed by atoms with Crippen LogP contribution in [0.3, 0.4) is 0 Å². The van der Waals surface area contributed by atoms with E-state index in [1.54, 1.807) is 39.0 Å². The number of benzene rings is 1. The first-order valence-corrected chi connectivity index (χ1v) is 6.71. The van der Waals surface area contributed by atoms with Gasteiger partial charge in [0.15, 0.2) is 0 Å². The largest absolute Gasteiger partial charge is 0.469 e. The Morgan fingerprint density at radius 2 is 1.95 bits per heavy atom. The van der Waals surface area contributed by atoms with Crippen molar-refractivity contribution in [1.29, 1.82) is 0 Å². The van der Waals surface area contributed by atoms with Gasteiger partial charge in [-0.1, -0.05) is 17.9 Å². The monoisotopic (exact) mass is 288 g/mol. The van der Waals surface area contributed by atoms with E-state index in [4.69, 9.17) is 4.74 Å². The highest BCUT2D eigenvalue weighted by Gasteiger charge is 2.23. The second-order valence-corrected chi connectivity index (χ2v) is 5.55. The van der Waals surface area contributed by atoms with Gasteiger partial charge in [0, 0.05) is 12.0 Å². The highest BCUT2D eigenvalue weighted by atomic mass is 16.5. The van der Waals surface area contributed by atoms with E-state index in [0.717, 1.165) is 5.56 Å². The number of methoxy groups -OCH3 is 1. The summed E-state index contributed by atoms with van der Waals surface area (Å²) in [6, 6.07) is 7.01. The third kappa shape index (κ3) is 6.13. The van der Waals surface area contributed by atoms with Crippen molar-refractivity contribution >= 4 is 11.9 Å². The molecule has 0 saturated heterocycles. The number of rotatable bonds is 3. The third-order valence-corrected chi connectivity index (χ3v) is 2.57. The molecule has 112 valence electrons. The summed E-state index contributed by atoms with van der Waals surface area (Å²) in [5, 5.41) is 0. The van der Waals surface area contributed by atoms with Crippen LogP contribution in [-0.2, 0) is 14.3 Å². The van der Waals surface area contributed by atoms with E-state index >= 15 is 0 Å². The van der Waals surface area contributed by atoms with E-state index in [-0.39, 0.29) is 18.4 Å². The highest BCUT2D eigenvalue weighted by molar-refractivity contribution is 5.77. The van der Waals surface area contributed by atoms with Crippen LogP contribution >= 0.6 is 0 Å². The van der Waals surface area contributed by atoms with Crippen LogP contribution in [0.2, 0.25) is 0 Å². The molecule has 0 aliphatic heterocycles. The predicted molar refractivity (Wildman–Crippen MR) is 79.7 cm³/mol. The van der Waals surface area contributed by atoms with Gasteiger partial charge in [0.2, 0.25) is 0 Å². The Labute approximate surface area is 125 Å². The van der Waals surface area contributed by atoms with Crippen molar-refractivity contribution in [3.63, 3.8) is 0 Å². The van der Waals surface area contributed by atoms with Crippen LogP contribution < -0.4 is 4.74 Å². The zero-order chi connectivity index (χ0) is 15.9. The highest BCUT2D eigenvalue weighted by Crippen LogP contribution is 2.20. The second kappa shape index (κ2) is 7.49. The Morgan fingerprint density at radius 3 is 2.57 bits per heavy atom. The molecule has 0 amide bonds. The van der Waals surface area contributed by atoms with Gasteiger partial charge in [-0.25, -0.2) is 0 Å². The van der Waals surface area contributed by atoms with Crippen LogP contribution in [0.15, 0.2) is 24.3 Å². The molecule has 0 aliphatic rings. The summed E-state index contributed by atoms with van der Waals surface area (Å²) in [6.07, 6.45) is 0.695. The Bertz CT molecular complexity index is 570. The average molecular weight is 288 g/mol. The van der Waals surface area contributed by atoms with Gasteiger partial charge in [0.1, 0.15) is 5.75 Å². The third-order valence-electron chi connectivity index (χ3n) is 2.57. The fraction of sp³-hybridized carbons (Fsp3) is 0.412. The maximum absolute atomic E-state index is 11.8. The van der Waals surface area contributed by atoms with Crippen LogP contribution in [0.5, 0.6) is 5.75 Å². The van der Waals surface area contributed by atoms with E-state index in [1.807, 2.05) is 6.07 Å². The van der Waals surface area contributed by atoms with Gasteiger partial charge in [0.25, 0.3) is 0 Å². The lowest BCUT2D eigenvalue weighted by Gasteiger charge is -2.16. The molecule has 0 unspecified atom stereocenters. The fourth-order valence-corrected chi connectivity index (χ4v) is 1.33. The SMILES string of the molecule is COC(=O)CCC#Cc1cccc(OC(=O)C(C)(C)C)c1. The molecule has 1 aromatic carbocycles. The minimum absolute atomic E-state index is 0.266. The van der Waals surface area contributed by atoms with Crippen molar-refractivity contribution in [3.05, 3.63) is 29.8 Å². The minimum Gasteiger partial charge on any atom is -0.469 e. The molecular weight excluding hydrogens is 268 g/mol. The summed E-state index contributed by atoms with van der Waals surface area (Å²) < 4.78 is 9.83. The van der Waals surface area contributed by atoms with Crippen LogP contribution in [0, 0.1) is 17.3 Å². The second-order valence-electron chi connectivity index (χ2n) is 5.55. The molecule has 0 aliphatic carbocycles. The van der Waals surface area contributed by atoms with Crippen LogP contribution in [0.1, 0.15) is 39.2 Å². The predicted octanol–water partition coefficient (Wildman–Crippen LogP) is 2.94. The van der Waals surface area contributed by atoms with Crippen LogP contribution in [0.25, 0.3) is 0 Å². The topological polar surface area (TPSA) is 52.6 Å². The van der Waals surface area contributed by atoms with Crippen molar-refractivity contribution in [2.45, 2.75) is 33.6 Å². The first kappa shape index (κ1) is 16.8. The number of ether oxygens (including phenoxy) is 2. The molecule has 0 bridgehead atoms. The van der Waals surface area contributed by atoms with Crippen LogP contribution in [0.4, 0.5) is 0 Å². The maximum Gasteiger partial charge on any atom is 0.316 e. The zero-order valence-corrected chi connectivity index (χ0v) is 12.9. The van der Waals surface area contributed by atoms with E-state index < -0.39 is 5.41 Å². The average Bonchev–Trinajstić information content (AvgIpc) is 2.42. The zero-order valence-electron chi connectivity index (χ0n) is 12.9. The molecule has 21 heavy (non-hydrogen) atoms. The summed E-state index contributed by atoms with van der Waals surface area (Å²) in [5.74, 6) is 5.71. The molecule has 0 spiro atoms. The van der Waals surface area contributed by atoms with E-state index in [1.165, 1.54) is 7.11 Å². The number of carbonyl (C=O) groups excluding carboxylic acids is 2. The molecule has 4 nitrogen and oxygen atoms in total. The van der Waals surface area contributed by atoms with Gasteiger partial charge < -0.3 is 9.47 Å². The minimum atomic E-state index is -0.553. The Morgan fingerprint density at radius 1 is 1.24 bits per heavy atom. The lowest BCUT2D eigenvalue weighted by Crippen LogP contribution is -2.25. The summed E-state index contributed by atoms with van der Waals surface area (Å²) in [5.41, 5.74) is 0.182. The molecular formula is C17H20O4. The number of carbonyl (C=O) groups is 2. The van der Waals surface area contributed by atoms with Gasteiger partial charge in [-0.3, -0.25) is 9.59 Å². The van der Waals surface area contributed by atoms with Crippen molar-refractivity contribution in [2.24, 2.45) is 5.41 Å². The van der Waals surface area contributed by atoms with Crippen LogP contribution in [-0.4, -0.2) is 19.0 Å². The number of esters is 2. The number of hydrogen-bond acceptors (Lipinski definition) is 4.